The minimum absolute atomic E-state index is 0.114. The van der Waals surface area contributed by atoms with Gasteiger partial charge in [0.2, 0.25) is 0 Å². The molecule has 5 unspecified atom stereocenters. The smallest absolute Gasteiger partial charge is 0.390 e. The molecule has 6 nitrogen and oxygen atoms in total. The number of amidine groups is 1. The van der Waals surface area contributed by atoms with Crippen LogP contribution in [0.5, 0.6) is 0 Å². The molecule has 0 aromatic carbocycles. The van der Waals surface area contributed by atoms with Crippen molar-refractivity contribution in [1.29, 1.82) is 0 Å². The number of aliphatic hydroxyl groups excluding tert-OH is 2. The highest BCUT2D eigenvalue weighted by Crippen LogP contribution is 2.40. The molecule has 0 amide bonds. The number of hydrogen-bond donors (Lipinski definition) is 4. The Kier molecular flexibility index (Phi) is 5.70. The Morgan fingerprint density at radius 1 is 1.43 bits per heavy atom. The van der Waals surface area contributed by atoms with Crippen LogP contribution in [0.15, 0.2) is 0 Å². The maximum absolute atomic E-state index is 12.9. The van der Waals surface area contributed by atoms with Gasteiger partial charge in [0, 0.05) is 18.2 Å². The Labute approximate surface area is 123 Å². The molecule has 1 fully saturated rings. The van der Waals surface area contributed by atoms with Gasteiger partial charge in [0.25, 0.3) is 0 Å². The maximum atomic E-state index is 12.9. The van der Waals surface area contributed by atoms with E-state index >= 15 is 0 Å². The van der Waals surface area contributed by atoms with Gasteiger partial charge in [0.05, 0.1) is 13.2 Å². The molecule has 122 valence electrons. The maximum Gasteiger partial charge on any atom is 0.419 e. The molecule has 0 aromatic heterocycles. The zero-order chi connectivity index (χ0) is 16.4. The number of rotatable bonds is 2. The summed E-state index contributed by atoms with van der Waals surface area (Å²) in [6, 6.07) is 0. The van der Waals surface area contributed by atoms with Crippen molar-refractivity contribution in [2.24, 2.45) is 0 Å². The number of nitrogens with zero attached hydrogens (tertiary/aromatic N) is 1. The van der Waals surface area contributed by atoms with Crippen LogP contribution in [0.2, 0.25) is 0 Å². The van der Waals surface area contributed by atoms with E-state index in [1.165, 1.54) is 7.05 Å². The van der Waals surface area contributed by atoms with E-state index in [0.717, 1.165) is 11.8 Å². The van der Waals surface area contributed by atoms with Gasteiger partial charge in [-0.05, 0) is 6.92 Å². The molecule has 1 aliphatic rings. The summed E-state index contributed by atoms with van der Waals surface area (Å²) in [6.45, 7) is 3.77. The van der Waals surface area contributed by atoms with E-state index in [2.05, 4.69) is 16.7 Å². The molecular weight excluding hydrogens is 313 g/mol. The molecular formula is C11H18F3N2O4S+. The summed E-state index contributed by atoms with van der Waals surface area (Å²) < 4.78 is 47.3. The van der Waals surface area contributed by atoms with Crippen molar-refractivity contribution in [3.05, 3.63) is 0 Å². The molecule has 0 spiro atoms. The van der Waals surface area contributed by atoms with Crippen LogP contribution >= 0.6 is 11.8 Å². The van der Waals surface area contributed by atoms with Gasteiger partial charge in [0.15, 0.2) is 12.3 Å². The third-order valence-electron chi connectivity index (χ3n) is 3.17. The van der Waals surface area contributed by atoms with Gasteiger partial charge in [0.1, 0.15) is 17.6 Å². The molecule has 0 aliphatic carbocycles. The zero-order valence-corrected chi connectivity index (χ0v) is 12.3. The van der Waals surface area contributed by atoms with E-state index in [-0.39, 0.29) is 11.6 Å². The van der Waals surface area contributed by atoms with Crippen LogP contribution in [-0.4, -0.2) is 69.8 Å². The van der Waals surface area contributed by atoms with Crippen molar-refractivity contribution in [1.82, 2.24) is 9.98 Å². The van der Waals surface area contributed by atoms with Crippen molar-refractivity contribution in [3.63, 3.8) is 0 Å². The number of ether oxygens (including phenoxy) is 1. The molecule has 1 aliphatic heterocycles. The highest BCUT2D eigenvalue weighted by atomic mass is 32.2. The van der Waals surface area contributed by atoms with Gasteiger partial charge in [-0.2, -0.15) is 13.2 Å². The minimum atomic E-state index is -5.02. The first kappa shape index (κ1) is 18.3. The summed E-state index contributed by atoms with van der Waals surface area (Å²) in [6.07, 6.45) is -10.5. The average molecular weight is 331 g/mol. The molecule has 1 rings (SSSR count). The first-order valence-corrected chi connectivity index (χ1v) is 6.91. The Hall–Kier alpha value is -0.770. The number of thioether (sulfide) groups is 1. The van der Waals surface area contributed by atoms with Crippen molar-refractivity contribution >= 4 is 23.6 Å². The van der Waals surface area contributed by atoms with Crippen LogP contribution in [0.4, 0.5) is 13.2 Å². The van der Waals surface area contributed by atoms with Crippen molar-refractivity contribution < 1.29 is 33.2 Å². The van der Waals surface area contributed by atoms with Crippen molar-refractivity contribution in [3.8, 4) is 0 Å². The van der Waals surface area contributed by atoms with Crippen LogP contribution in [-0.2, 0) is 4.74 Å². The molecule has 0 aromatic rings. The van der Waals surface area contributed by atoms with E-state index in [0.29, 0.717) is 6.92 Å². The lowest BCUT2D eigenvalue weighted by Gasteiger charge is -2.43. The van der Waals surface area contributed by atoms with Gasteiger partial charge in [-0.3, -0.25) is 5.32 Å². The lowest BCUT2D eigenvalue weighted by molar-refractivity contribution is -0.316. The molecule has 10 heteroatoms. The fourth-order valence-corrected chi connectivity index (χ4v) is 2.75. The first-order valence-electron chi connectivity index (χ1n) is 6.03. The predicted octanol–water partition coefficient (Wildman–Crippen LogP) is -0.787. The van der Waals surface area contributed by atoms with Gasteiger partial charge in [-0.15, -0.1) is 0 Å². The number of nitrogens with one attached hydrogen (secondary N) is 1. The van der Waals surface area contributed by atoms with E-state index in [4.69, 9.17) is 4.74 Å². The largest absolute Gasteiger partial charge is 0.419 e. The SMILES string of the molecule is C=[N+]=C(NC)SC1CC(O)C(O)C(C(C)(O)C(F)(F)F)O1. The molecule has 5 atom stereocenters. The Balaban J connectivity index is 2.96. The van der Waals surface area contributed by atoms with E-state index < -0.39 is 35.5 Å². The Morgan fingerprint density at radius 2 is 2.00 bits per heavy atom. The van der Waals surface area contributed by atoms with Crippen LogP contribution < -0.4 is 9.98 Å². The van der Waals surface area contributed by atoms with Gasteiger partial charge in [-0.25, -0.2) is 4.67 Å². The molecule has 0 bridgehead atoms. The van der Waals surface area contributed by atoms with Crippen molar-refractivity contribution in [2.75, 3.05) is 7.05 Å². The third-order valence-corrected chi connectivity index (χ3v) is 4.29. The molecule has 21 heavy (non-hydrogen) atoms. The number of aliphatic hydroxyl groups is 3. The summed E-state index contributed by atoms with van der Waals surface area (Å²) >= 11 is 0.907. The average Bonchev–Trinajstić information content (AvgIpc) is 2.38. The topological polar surface area (TPSA) is 96.1 Å². The van der Waals surface area contributed by atoms with E-state index in [9.17, 15) is 28.5 Å². The molecule has 4 N–H and O–H groups in total. The third kappa shape index (κ3) is 3.91. The Morgan fingerprint density at radius 3 is 2.43 bits per heavy atom. The van der Waals surface area contributed by atoms with Gasteiger partial charge >= 0.3 is 11.3 Å². The zero-order valence-electron chi connectivity index (χ0n) is 11.5. The minimum Gasteiger partial charge on any atom is -0.390 e. The fourth-order valence-electron chi connectivity index (χ4n) is 1.84. The second-order valence-electron chi connectivity index (χ2n) is 4.76. The second-order valence-corrected chi connectivity index (χ2v) is 5.90. The monoisotopic (exact) mass is 331 g/mol. The number of halogens is 3. The number of alkyl halides is 3. The fraction of sp³-hybridized carbons (Fsp3) is 0.818. The molecule has 0 saturated carbocycles. The summed E-state index contributed by atoms with van der Waals surface area (Å²) in [5.41, 5.74) is -4.22. The van der Waals surface area contributed by atoms with E-state index in [1.54, 1.807) is 0 Å². The molecule has 1 heterocycles. The van der Waals surface area contributed by atoms with Crippen molar-refractivity contribution in [2.45, 2.75) is 48.9 Å². The number of hydrogen-bond acceptors (Lipinski definition) is 5. The highest BCUT2D eigenvalue weighted by molar-refractivity contribution is 8.14. The summed E-state index contributed by atoms with van der Waals surface area (Å²) in [7, 11) is 1.54. The first-order chi connectivity index (χ1) is 9.54. The van der Waals surface area contributed by atoms with Gasteiger partial charge in [-0.1, -0.05) is 0 Å². The van der Waals surface area contributed by atoms with Crippen LogP contribution in [0.3, 0.4) is 0 Å². The van der Waals surface area contributed by atoms with Gasteiger partial charge < -0.3 is 20.1 Å². The predicted molar refractivity (Wildman–Crippen MR) is 72.9 cm³/mol. The lowest BCUT2D eigenvalue weighted by atomic mass is 9.88. The van der Waals surface area contributed by atoms with Crippen LogP contribution in [0, 0.1) is 0 Å². The summed E-state index contributed by atoms with van der Waals surface area (Å²) in [5.74, 6) is 0. The quantitative estimate of drug-likeness (QED) is 0.301. The normalized spacial score (nSPS) is 33.0. The highest BCUT2D eigenvalue weighted by Gasteiger charge is 2.60. The van der Waals surface area contributed by atoms with Crippen LogP contribution in [0.1, 0.15) is 13.3 Å². The Bertz CT molecular complexity index is 426. The standard InChI is InChI=1S/C11H17F3N2O4S/c1-10(19,11(12,13)14)8-7(18)5(17)4-6(20-8)21-9(15-2)16-3/h5-8,17-19H,2,4H2,1,3H3/p+1. The lowest BCUT2D eigenvalue weighted by Crippen LogP contribution is -2.63. The second kappa shape index (κ2) is 6.55. The summed E-state index contributed by atoms with van der Waals surface area (Å²) in [5, 5.41) is 32.0. The summed E-state index contributed by atoms with van der Waals surface area (Å²) in [4.78, 5) is 0. The molecule has 1 saturated heterocycles. The van der Waals surface area contributed by atoms with Crippen LogP contribution in [0.25, 0.3) is 0 Å². The van der Waals surface area contributed by atoms with E-state index in [1.807, 2.05) is 0 Å². The molecule has 0 radical (unpaired) electrons.